The van der Waals surface area contributed by atoms with Gasteiger partial charge in [0.2, 0.25) is 0 Å². The largest absolute Gasteiger partial charge is 0.456 e. The highest BCUT2D eigenvalue weighted by Gasteiger charge is 2.62. The summed E-state index contributed by atoms with van der Waals surface area (Å²) < 4.78 is 28.8. The Hall–Kier alpha value is -3.95. The van der Waals surface area contributed by atoms with E-state index in [9.17, 15) is 24.0 Å². The molecule has 0 saturated heterocycles. The van der Waals surface area contributed by atoms with Crippen LogP contribution in [0.4, 0.5) is 0 Å². The predicted octanol–water partition coefficient (Wildman–Crippen LogP) is 16.6. The molecule has 0 atom stereocenters. The van der Waals surface area contributed by atoms with Crippen molar-refractivity contribution in [2.24, 2.45) is 76.9 Å². The van der Waals surface area contributed by atoms with E-state index in [0.717, 1.165) is 74.0 Å². The van der Waals surface area contributed by atoms with Gasteiger partial charge in [0.15, 0.2) is 0 Å². The summed E-state index contributed by atoms with van der Waals surface area (Å²) >= 11 is 0. The van der Waals surface area contributed by atoms with Crippen molar-refractivity contribution in [1.29, 1.82) is 0 Å². The van der Waals surface area contributed by atoms with E-state index in [2.05, 4.69) is 67.5 Å². The Bertz CT molecular complexity index is 2230. The Balaban J connectivity index is 0.000000146. The van der Waals surface area contributed by atoms with Gasteiger partial charge in [-0.2, -0.15) is 0 Å². The van der Waals surface area contributed by atoms with Gasteiger partial charge in [0.1, 0.15) is 28.0 Å². The van der Waals surface area contributed by atoms with Crippen molar-refractivity contribution < 1.29 is 47.7 Å². The molecular weight excluding hydrogens is 1000 g/mol. The fraction of sp³-hybridized carbons (Fsp3) is 0.786. The van der Waals surface area contributed by atoms with Crippen molar-refractivity contribution in [3.05, 3.63) is 60.8 Å². The second-order valence-electron chi connectivity index (χ2n) is 29.0. The fourth-order valence-corrected chi connectivity index (χ4v) is 18.6. The molecule has 0 aromatic heterocycles. The number of esters is 5. The van der Waals surface area contributed by atoms with Crippen LogP contribution in [0.1, 0.15) is 243 Å². The second kappa shape index (κ2) is 25.9. The molecule has 10 heteroatoms. The third-order valence-corrected chi connectivity index (χ3v) is 22.5. The third kappa shape index (κ3) is 14.0. The Kier molecular flexibility index (Phi) is 20.6. The van der Waals surface area contributed by atoms with E-state index < -0.39 is 0 Å². The van der Waals surface area contributed by atoms with Crippen molar-refractivity contribution in [3.8, 4) is 0 Å². The Labute approximate surface area is 484 Å². The molecule has 14 aliphatic rings. The maximum atomic E-state index is 12.1. The zero-order valence-corrected chi connectivity index (χ0v) is 52.0. The first-order valence-corrected chi connectivity index (χ1v) is 32.0. The maximum Gasteiger partial charge on any atom is 0.333 e. The lowest BCUT2D eigenvalue weighted by molar-refractivity contribution is -0.221. The van der Waals surface area contributed by atoms with Crippen molar-refractivity contribution in [2.45, 2.75) is 271 Å². The molecule has 0 aromatic carbocycles. The summed E-state index contributed by atoms with van der Waals surface area (Å²) in [6.45, 7) is 39.9. The second-order valence-corrected chi connectivity index (χ2v) is 29.0. The smallest absolute Gasteiger partial charge is 0.333 e. The number of carbonyl (C=O) groups excluding carboxylic acids is 5. The minimum Gasteiger partial charge on any atom is -0.456 e. The predicted molar refractivity (Wildman–Crippen MR) is 318 cm³/mol. The average Bonchev–Trinajstić information content (AvgIpc) is 3.83. The van der Waals surface area contributed by atoms with Crippen LogP contribution in [0.2, 0.25) is 0 Å². The van der Waals surface area contributed by atoms with Crippen LogP contribution in [0.5, 0.6) is 0 Å². The van der Waals surface area contributed by atoms with E-state index >= 15 is 0 Å². The zero-order chi connectivity index (χ0) is 58.7. The normalized spacial score (nSPS) is 37.0. The van der Waals surface area contributed by atoms with Crippen LogP contribution in [-0.4, -0.2) is 57.9 Å². The van der Waals surface area contributed by atoms with Crippen molar-refractivity contribution in [2.75, 3.05) is 0 Å². The average molecular weight is 1110 g/mol. The standard InChI is InChI=1S/C17H26O2.C16H24O2.C15H22O2.C12H20O2.C10H16O2/c1-10(2)16(18)19-17(11(3)4)14-6-12-5-13(8-14)9-15(17)7-12;1-4-16(18-15(17)10(2)3)13-6-11-5-12(8-13)9-14(16)7-11;1-9(2)14(16)17-15(3)12-5-10-4-11(7-12)8-13(15)6-10;1-4-12(8-6-5-7-9-12)14-11(13)10(2)3;1-8(2)9(11)12-10(3)6-4-5-7-10/h11-15H,1,5-9H2,2-4H3;11-14H,2,4-9H2,1,3H3;10-13H,1,4-8H2,2-3H3;2,4-9H2,1,3H3;1,4-7H2,2-3H3. The van der Waals surface area contributed by atoms with Crippen molar-refractivity contribution in [1.82, 2.24) is 0 Å². The summed E-state index contributed by atoms with van der Waals surface area (Å²) in [6, 6.07) is 0. The van der Waals surface area contributed by atoms with E-state index in [-0.39, 0.29) is 57.9 Å². The van der Waals surface area contributed by atoms with Gasteiger partial charge in [-0.15, -0.1) is 0 Å². The summed E-state index contributed by atoms with van der Waals surface area (Å²) in [7, 11) is 0. The lowest BCUT2D eigenvalue weighted by Gasteiger charge is -2.61. The number of carbonyl (C=O) groups is 5. The molecule has 0 aromatic rings. The number of ether oxygens (including phenoxy) is 5. The molecule has 80 heavy (non-hydrogen) atoms. The maximum absolute atomic E-state index is 12.1. The molecular formula is C70H108O10. The Morgan fingerprint density at radius 2 is 0.700 bits per heavy atom. The lowest BCUT2D eigenvalue weighted by Crippen LogP contribution is -2.62. The number of hydrogen-bond acceptors (Lipinski definition) is 10. The van der Waals surface area contributed by atoms with Crippen LogP contribution < -0.4 is 0 Å². The van der Waals surface area contributed by atoms with E-state index in [1.807, 2.05) is 6.92 Å². The minimum atomic E-state index is -0.251. The summed E-state index contributed by atoms with van der Waals surface area (Å²) in [5, 5.41) is 0. The molecule has 14 fully saturated rings. The molecule has 0 amide bonds. The van der Waals surface area contributed by atoms with Crippen molar-refractivity contribution >= 4 is 29.8 Å². The van der Waals surface area contributed by atoms with Crippen LogP contribution in [0.15, 0.2) is 60.8 Å². The molecule has 0 unspecified atom stereocenters. The summed E-state index contributed by atoms with van der Waals surface area (Å²) in [5.41, 5.74) is 1.62. The number of rotatable bonds is 13. The van der Waals surface area contributed by atoms with Gasteiger partial charge in [-0.05, 0) is 286 Å². The van der Waals surface area contributed by atoms with Crippen molar-refractivity contribution in [3.63, 3.8) is 0 Å². The third-order valence-electron chi connectivity index (χ3n) is 22.5. The molecule has 448 valence electrons. The Morgan fingerprint density at radius 1 is 0.388 bits per heavy atom. The minimum absolute atomic E-state index is 0.163. The zero-order valence-electron chi connectivity index (χ0n) is 52.0. The van der Waals surface area contributed by atoms with Gasteiger partial charge >= 0.3 is 29.8 Å². The molecule has 0 radical (unpaired) electrons. The summed E-state index contributed by atoms with van der Waals surface area (Å²) in [4.78, 5) is 58.6. The van der Waals surface area contributed by atoms with Gasteiger partial charge < -0.3 is 23.7 Å². The first-order valence-electron chi connectivity index (χ1n) is 32.0. The highest BCUT2D eigenvalue weighted by atomic mass is 16.6. The van der Waals surface area contributed by atoms with E-state index in [1.165, 1.54) is 128 Å². The van der Waals surface area contributed by atoms with Gasteiger partial charge in [0.25, 0.3) is 0 Å². The molecule has 0 spiro atoms. The monoisotopic (exact) mass is 1110 g/mol. The molecule has 0 aliphatic heterocycles. The topological polar surface area (TPSA) is 132 Å². The quantitative estimate of drug-likeness (QED) is 0.0998. The van der Waals surface area contributed by atoms with E-state index in [4.69, 9.17) is 23.7 Å². The molecule has 0 heterocycles. The Morgan fingerprint density at radius 3 is 1.05 bits per heavy atom. The molecule has 0 N–H and O–H groups in total. The van der Waals surface area contributed by atoms with Gasteiger partial charge in [0.05, 0.1) is 0 Å². The summed E-state index contributed by atoms with van der Waals surface area (Å²) in [6.07, 6.45) is 31.5. The van der Waals surface area contributed by atoms with Crippen LogP contribution in [-0.2, 0) is 47.7 Å². The summed E-state index contributed by atoms with van der Waals surface area (Å²) in [5.74, 6) is 8.43. The molecule has 12 bridgehead atoms. The molecule has 14 rings (SSSR count). The van der Waals surface area contributed by atoms with Gasteiger partial charge in [-0.3, -0.25) is 0 Å². The number of hydrogen-bond donors (Lipinski definition) is 0. The van der Waals surface area contributed by atoms with E-state index in [0.29, 0.717) is 69.3 Å². The van der Waals surface area contributed by atoms with Gasteiger partial charge in [-0.1, -0.05) is 67.0 Å². The molecule has 10 nitrogen and oxygen atoms in total. The van der Waals surface area contributed by atoms with Gasteiger partial charge in [0, 0.05) is 27.9 Å². The molecule has 14 saturated carbocycles. The van der Waals surface area contributed by atoms with Crippen LogP contribution >= 0.6 is 0 Å². The highest BCUT2D eigenvalue weighted by Crippen LogP contribution is 2.63. The van der Waals surface area contributed by atoms with Crippen LogP contribution in [0.25, 0.3) is 0 Å². The van der Waals surface area contributed by atoms with Gasteiger partial charge in [-0.25, -0.2) is 24.0 Å². The SMILES string of the molecule is C=C(C)C(=O)OC1(C(C)C)C2CC3CC(C2)CC1C3.C=C(C)C(=O)OC1(C)C2CC3CC(C2)CC1C3.C=C(C)C(=O)OC1(C)CCCC1.C=C(C)C(=O)OC1(CC)C2CC3CC(C2)CC1C3.C=C(C)C(=O)OC1(CC)CCCCC1. The molecule has 14 aliphatic carbocycles. The van der Waals surface area contributed by atoms with Crippen LogP contribution in [0.3, 0.4) is 0 Å². The fourth-order valence-electron chi connectivity index (χ4n) is 18.6. The first-order chi connectivity index (χ1) is 37.6. The van der Waals surface area contributed by atoms with E-state index in [1.54, 1.807) is 34.6 Å². The van der Waals surface area contributed by atoms with Crippen LogP contribution in [0, 0.1) is 76.9 Å². The highest BCUT2D eigenvalue weighted by molar-refractivity contribution is 5.89. The lowest BCUT2D eigenvalue weighted by atomic mass is 9.47. The first kappa shape index (κ1) is 63.6.